The van der Waals surface area contributed by atoms with E-state index in [2.05, 4.69) is 91.6 Å². The monoisotopic (exact) mass is 388 g/mol. The van der Waals surface area contributed by atoms with Gasteiger partial charge < -0.3 is 0 Å². The van der Waals surface area contributed by atoms with Gasteiger partial charge in [0.15, 0.2) is 0 Å². The Balaban J connectivity index is 1.45. The van der Waals surface area contributed by atoms with Gasteiger partial charge in [0.25, 0.3) is 0 Å². The van der Waals surface area contributed by atoms with Gasteiger partial charge in [-0.05, 0) is 76.8 Å². The van der Waals surface area contributed by atoms with Crippen LogP contribution in [0.2, 0.25) is 0 Å². The van der Waals surface area contributed by atoms with Crippen LogP contribution in [-0.4, -0.2) is 0 Å². The molecule has 0 bridgehead atoms. The fraction of sp³-hybridized carbons (Fsp3) is 0.267. The van der Waals surface area contributed by atoms with E-state index in [0.717, 1.165) is 25.7 Å². The van der Waals surface area contributed by atoms with Gasteiger partial charge in [-0.25, -0.2) is 0 Å². The van der Waals surface area contributed by atoms with Crippen LogP contribution in [-0.2, 0) is 12.8 Å². The second kappa shape index (κ2) is 8.37. The van der Waals surface area contributed by atoms with Gasteiger partial charge in [0.1, 0.15) is 0 Å². The molecular weight excluding hydrogens is 360 g/mol. The molecule has 0 saturated carbocycles. The van der Waals surface area contributed by atoms with Crippen LogP contribution in [0, 0.1) is 11.8 Å². The normalized spacial score (nSPS) is 15.3. The van der Waals surface area contributed by atoms with Gasteiger partial charge in [-0.1, -0.05) is 85.9 Å². The van der Waals surface area contributed by atoms with Crippen molar-refractivity contribution in [2.45, 2.75) is 51.4 Å². The molecule has 0 nitrogen and oxygen atoms in total. The molecule has 1 unspecified atom stereocenters. The number of hydrogen-bond acceptors (Lipinski definition) is 0. The Morgan fingerprint density at radius 2 is 1.83 bits per heavy atom. The number of unbranched alkanes of at least 4 members (excludes halogenated alkanes) is 2. The van der Waals surface area contributed by atoms with Crippen LogP contribution in [0.15, 0.2) is 66.7 Å². The SMILES string of the molecule is CCCCC#Cc1cc(CCC2C=Cc3ccccc32)c2c(c1)-c1ccccc1C2. The van der Waals surface area contributed by atoms with E-state index in [-0.39, 0.29) is 0 Å². The maximum Gasteiger partial charge on any atom is 0.0254 e. The molecule has 5 rings (SSSR count). The lowest BCUT2D eigenvalue weighted by Gasteiger charge is -2.14. The van der Waals surface area contributed by atoms with E-state index in [9.17, 15) is 0 Å². The zero-order valence-electron chi connectivity index (χ0n) is 17.7. The minimum atomic E-state index is 0.528. The third kappa shape index (κ3) is 3.61. The number of hydrogen-bond donors (Lipinski definition) is 0. The minimum Gasteiger partial charge on any atom is -0.0979 e. The summed E-state index contributed by atoms with van der Waals surface area (Å²) in [7, 11) is 0. The van der Waals surface area contributed by atoms with Crippen molar-refractivity contribution in [3.8, 4) is 23.0 Å². The Labute approximate surface area is 180 Å². The average molecular weight is 389 g/mol. The largest absolute Gasteiger partial charge is 0.0979 e. The Hall–Kier alpha value is -3.04. The van der Waals surface area contributed by atoms with E-state index < -0.39 is 0 Å². The first kappa shape index (κ1) is 19.0. The maximum atomic E-state index is 3.46. The fourth-order valence-corrected chi connectivity index (χ4v) is 4.92. The summed E-state index contributed by atoms with van der Waals surface area (Å²) in [6.07, 6.45) is 11.4. The topological polar surface area (TPSA) is 0 Å². The predicted octanol–water partition coefficient (Wildman–Crippen LogP) is 7.54. The molecule has 0 heterocycles. The first-order valence-electron chi connectivity index (χ1n) is 11.3. The standard InChI is InChI=1S/C30H28/c1-2-3-4-5-10-22-19-26(18-17-24-16-15-23-11-6-8-13-27(23)24)29-21-25-12-7-9-14-28(25)30(29)20-22/h6-9,11-16,19-20,24H,2-4,17-18,21H2,1H3. The Bertz CT molecular complexity index is 1170. The number of aryl methyl sites for hydroxylation is 1. The minimum absolute atomic E-state index is 0.528. The molecule has 3 aromatic rings. The molecular formula is C30H28. The van der Waals surface area contributed by atoms with Crippen LogP contribution < -0.4 is 0 Å². The molecule has 2 aliphatic carbocycles. The summed E-state index contributed by atoms with van der Waals surface area (Å²) in [5.41, 5.74) is 11.3. The summed E-state index contributed by atoms with van der Waals surface area (Å²) in [4.78, 5) is 0. The van der Waals surface area contributed by atoms with E-state index in [4.69, 9.17) is 0 Å². The Morgan fingerprint density at radius 3 is 2.77 bits per heavy atom. The van der Waals surface area contributed by atoms with Gasteiger partial charge in [-0.15, -0.1) is 0 Å². The van der Waals surface area contributed by atoms with Crippen molar-refractivity contribution in [2.24, 2.45) is 0 Å². The van der Waals surface area contributed by atoms with Crippen LogP contribution in [0.25, 0.3) is 17.2 Å². The maximum absolute atomic E-state index is 3.46. The van der Waals surface area contributed by atoms with Crippen LogP contribution in [0.1, 0.15) is 71.9 Å². The van der Waals surface area contributed by atoms with E-state index >= 15 is 0 Å². The van der Waals surface area contributed by atoms with Gasteiger partial charge in [0.2, 0.25) is 0 Å². The molecule has 0 heteroatoms. The molecule has 148 valence electrons. The zero-order chi connectivity index (χ0) is 20.3. The molecule has 1 atom stereocenters. The summed E-state index contributed by atoms with van der Waals surface area (Å²) in [6, 6.07) is 22.4. The molecule has 0 aliphatic heterocycles. The van der Waals surface area contributed by atoms with E-state index in [1.165, 1.54) is 57.3 Å². The molecule has 2 aliphatic rings. The number of rotatable bonds is 5. The van der Waals surface area contributed by atoms with Crippen LogP contribution in [0.4, 0.5) is 0 Å². The van der Waals surface area contributed by atoms with Gasteiger partial charge in [0.05, 0.1) is 0 Å². The first-order chi connectivity index (χ1) is 14.8. The third-order valence-corrected chi connectivity index (χ3v) is 6.53. The fourth-order valence-electron chi connectivity index (χ4n) is 4.92. The lowest BCUT2D eigenvalue weighted by Crippen LogP contribution is -2.00. The van der Waals surface area contributed by atoms with Gasteiger partial charge in [0, 0.05) is 17.9 Å². The Morgan fingerprint density at radius 1 is 0.967 bits per heavy atom. The van der Waals surface area contributed by atoms with Gasteiger partial charge in [-0.3, -0.25) is 0 Å². The number of fused-ring (bicyclic) bond motifs is 4. The number of benzene rings is 3. The van der Waals surface area contributed by atoms with Crippen molar-refractivity contribution in [1.82, 2.24) is 0 Å². The van der Waals surface area contributed by atoms with Crippen molar-refractivity contribution in [2.75, 3.05) is 0 Å². The van der Waals surface area contributed by atoms with Crippen molar-refractivity contribution >= 4 is 6.08 Å². The molecule has 0 radical (unpaired) electrons. The first-order valence-corrected chi connectivity index (χ1v) is 11.3. The Kier molecular flexibility index (Phi) is 5.29. The third-order valence-electron chi connectivity index (χ3n) is 6.53. The van der Waals surface area contributed by atoms with Crippen molar-refractivity contribution in [3.63, 3.8) is 0 Å². The second-order valence-corrected chi connectivity index (χ2v) is 8.53. The second-order valence-electron chi connectivity index (χ2n) is 8.53. The summed E-state index contributed by atoms with van der Waals surface area (Å²) in [5, 5.41) is 0. The lowest BCUT2D eigenvalue weighted by atomic mass is 9.90. The molecule has 3 aromatic carbocycles. The van der Waals surface area contributed by atoms with Gasteiger partial charge in [-0.2, -0.15) is 0 Å². The summed E-state index contributed by atoms with van der Waals surface area (Å²) >= 11 is 0. The van der Waals surface area contributed by atoms with Crippen LogP contribution in [0.3, 0.4) is 0 Å². The smallest absolute Gasteiger partial charge is 0.0254 e. The molecule has 0 N–H and O–H groups in total. The molecule has 0 aromatic heterocycles. The van der Waals surface area contributed by atoms with Crippen molar-refractivity contribution in [3.05, 3.63) is 100 Å². The van der Waals surface area contributed by atoms with Crippen molar-refractivity contribution in [1.29, 1.82) is 0 Å². The van der Waals surface area contributed by atoms with E-state index in [1.807, 2.05) is 0 Å². The average Bonchev–Trinajstić information content (AvgIpc) is 3.37. The number of allylic oxidation sites excluding steroid dienone is 1. The summed E-state index contributed by atoms with van der Waals surface area (Å²) < 4.78 is 0. The zero-order valence-corrected chi connectivity index (χ0v) is 17.7. The molecule has 0 spiro atoms. The highest BCUT2D eigenvalue weighted by molar-refractivity contribution is 5.79. The predicted molar refractivity (Wildman–Crippen MR) is 128 cm³/mol. The quantitative estimate of drug-likeness (QED) is 0.245. The molecule has 30 heavy (non-hydrogen) atoms. The van der Waals surface area contributed by atoms with Crippen LogP contribution in [0.5, 0.6) is 0 Å². The van der Waals surface area contributed by atoms with Crippen LogP contribution >= 0.6 is 0 Å². The highest BCUT2D eigenvalue weighted by Crippen LogP contribution is 2.40. The van der Waals surface area contributed by atoms with Crippen molar-refractivity contribution < 1.29 is 0 Å². The summed E-state index contributed by atoms with van der Waals surface area (Å²) in [5.74, 6) is 7.38. The molecule has 0 saturated heterocycles. The highest BCUT2D eigenvalue weighted by atomic mass is 14.3. The molecule has 0 amide bonds. The lowest BCUT2D eigenvalue weighted by molar-refractivity contribution is 0.741. The van der Waals surface area contributed by atoms with E-state index in [0.29, 0.717) is 5.92 Å². The van der Waals surface area contributed by atoms with Gasteiger partial charge >= 0.3 is 0 Å². The van der Waals surface area contributed by atoms with E-state index in [1.54, 1.807) is 0 Å². The molecule has 0 fully saturated rings. The summed E-state index contributed by atoms with van der Waals surface area (Å²) in [6.45, 7) is 2.22. The highest BCUT2D eigenvalue weighted by Gasteiger charge is 2.23.